The molecule has 1 aliphatic carbocycles. The Balaban J connectivity index is 1.50. The van der Waals surface area contributed by atoms with Gasteiger partial charge < -0.3 is 0 Å². The van der Waals surface area contributed by atoms with Crippen molar-refractivity contribution in [1.29, 1.82) is 0 Å². The molecule has 3 aromatic rings. The molecule has 0 spiro atoms. The van der Waals surface area contributed by atoms with Crippen molar-refractivity contribution < 1.29 is 0 Å². The maximum absolute atomic E-state index is 4.47. The third kappa shape index (κ3) is 4.21. The molecule has 0 N–H and O–H groups in total. The highest BCUT2D eigenvalue weighted by Gasteiger charge is 2.16. The van der Waals surface area contributed by atoms with Gasteiger partial charge in [0.2, 0.25) is 0 Å². The maximum Gasteiger partial charge on any atom is 0.0712 e. The predicted molar refractivity (Wildman–Crippen MR) is 106 cm³/mol. The Morgan fingerprint density at radius 2 is 1.80 bits per heavy atom. The number of hydrogen-bond acceptors (Lipinski definition) is 3. The van der Waals surface area contributed by atoms with Crippen LogP contribution in [0, 0.1) is 5.92 Å². The van der Waals surface area contributed by atoms with E-state index in [1.807, 2.05) is 18.0 Å². The van der Waals surface area contributed by atoms with Crippen LogP contribution in [0.4, 0.5) is 0 Å². The Hall–Kier alpha value is -1.87. The molecule has 128 valence electrons. The summed E-state index contributed by atoms with van der Waals surface area (Å²) in [5.41, 5.74) is 2.54. The van der Waals surface area contributed by atoms with Gasteiger partial charge in [0.15, 0.2) is 0 Å². The van der Waals surface area contributed by atoms with Gasteiger partial charge in [-0.05, 0) is 30.0 Å². The van der Waals surface area contributed by atoms with Gasteiger partial charge >= 0.3 is 0 Å². The smallest absolute Gasteiger partial charge is 0.0712 e. The summed E-state index contributed by atoms with van der Waals surface area (Å²) in [6.07, 6.45) is 9.85. The van der Waals surface area contributed by atoms with E-state index in [-0.39, 0.29) is 0 Å². The van der Waals surface area contributed by atoms with Gasteiger partial charge in [-0.3, -0.25) is 0 Å². The van der Waals surface area contributed by atoms with E-state index in [1.165, 1.54) is 59.0 Å². The summed E-state index contributed by atoms with van der Waals surface area (Å²) in [5, 5.41) is 11.2. The van der Waals surface area contributed by atoms with E-state index in [4.69, 9.17) is 0 Å². The lowest BCUT2D eigenvalue weighted by molar-refractivity contribution is 0.354. The summed E-state index contributed by atoms with van der Waals surface area (Å²) >= 11 is 1.88. The van der Waals surface area contributed by atoms with Crippen LogP contribution in [-0.2, 0) is 12.2 Å². The molecule has 1 heterocycles. The van der Waals surface area contributed by atoms with Crippen LogP contribution in [0.15, 0.2) is 59.6 Å². The molecule has 0 unspecified atom stereocenters. The fraction of sp³-hybridized carbons (Fsp3) is 0.364. The second kappa shape index (κ2) is 8.01. The van der Waals surface area contributed by atoms with E-state index in [0.717, 1.165) is 18.1 Å². The quantitative estimate of drug-likeness (QED) is 0.525. The summed E-state index contributed by atoms with van der Waals surface area (Å²) in [5.74, 6) is 1.79. The first-order valence-electron chi connectivity index (χ1n) is 9.29. The molecule has 1 aliphatic rings. The number of nitrogens with zero attached hydrogens (tertiary/aromatic N) is 2. The first kappa shape index (κ1) is 16.6. The fourth-order valence-electron chi connectivity index (χ4n) is 3.77. The van der Waals surface area contributed by atoms with Crippen LogP contribution in [0.5, 0.6) is 0 Å². The number of rotatable bonds is 5. The van der Waals surface area contributed by atoms with Gasteiger partial charge in [0, 0.05) is 21.4 Å². The zero-order chi connectivity index (χ0) is 16.9. The molecule has 0 atom stereocenters. The van der Waals surface area contributed by atoms with Gasteiger partial charge in [-0.15, -0.1) is 11.8 Å². The fourth-order valence-corrected chi connectivity index (χ4v) is 4.67. The van der Waals surface area contributed by atoms with Gasteiger partial charge in [0.1, 0.15) is 0 Å². The zero-order valence-corrected chi connectivity index (χ0v) is 15.3. The van der Waals surface area contributed by atoms with E-state index in [2.05, 4.69) is 58.7 Å². The molecule has 0 saturated heterocycles. The minimum Gasteiger partial charge on any atom is -0.158 e. The highest BCUT2D eigenvalue weighted by Crippen LogP contribution is 2.30. The molecule has 0 bridgehead atoms. The Bertz CT molecular complexity index is 826. The molecule has 1 saturated carbocycles. The minimum atomic E-state index is 0.792. The van der Waals surface area contributed by atoms with Crippen LogP contribution >= 0.6 is 11.8 Å². The van der Waals surface area contributed by atoms with Gasteiger partial charge in [-0.25, -0.2) is 0 Å². The monoisotopic (exact) mass is 348 g/mol. The van der Waals surface area contributed by atoms with Crippen molar-refractivity contribution in [1.82, 2.24) is 10.2 Å². The number of benzene rings is 2. The van der Waals surface area contributed by atoms with Gasteiger partial charge in [-0.1, -0.05) is 68.5 Å². The predicted octanol–water partition coefficient (Wildman–Crippen LogP) is 6.04. The van der Waals surface area contributed by atoms with Crippen molar-refractivity contribution in [2.45, 2.75) is 49.2 Å². The molecule has 1 aromatic heterocycles. The van der Waals surface area contributed by atoms with E-state index < -0.39 is 0 Å². The SMILES string of the molecule is c1ccc(CSc2ccc3c(CC4CCCCC4)nncc3c2)cc1. The van der Waals surface area contributed by atoms with Crippen molar-refractivity contribution in [3.63, 3.8) is 0 Å². The molecule has 3 heteroatoms. The minimum absolute atomic E-state index is 0.792. The highest BCUT2D eigenvalue weighted by atomic mass is 32.2. The first-order chi connectivity index (χ1) is 12.4. The normalized spacial score (nSPS) is 15.5. The topological polar surface area (TPSA) is 25.8 Å². The van der Waals surface area contributed by atoms with E-state index in [0.29, 0.717) is 0 Å². The van der Waals surface area contributed by atoms with Crippen molar-refractivity contribution in [3.05, 3.63) is 66.0 Å². The molecule has 2 aromatic carbocycles. The van der Waals surface area contributed by atoms with Crippen LogP contribution in [-0.4, -0.2) is 10.2 Å². The molecular weight excluding hydrogens is 324 g/mol. The Labute approximate surface area is 154 Å². The third-order valence-corrected chi connectivity index (χ3v) is 6.23. The average Bonchev–Trinajstić information content (AvgIpc) is 2.68. The van der Waals surface area contributed by atoms with E-state index in [1.54, 1.807) is 0 Å². The molecule has 1 fully saturated rings. The van der Waals surface area contributed by atoms with Crippen LogP contribution in [0.25, 0.3) is 10.8 Å². The van der Waals surface area contributed by atoms with Crippen LogP contribution in [0.3, 0.4) is 0 Å². The molecule has 0 radical (unpaired) electrons. The number of aromatic nitrogens is 2. The van der Waals surface area contributed by atoms with Gasteiger partial charge in [-0.2, -0.15) is 10.2 Å². The van der Waals surface area contributed by atoms with Crippen molar-refractivity contribution in [2.75, 3.05) is 0 Å². The van der Waals surface area contributed by atoms with Gasteiger partial charge in [0.25, 0.3) is 0 Å². The zero-order valence-electron chi connectivity index (χ0n) is 14.5. The van der Waals surface area contributed by atoms with E-state index >= 15 is 0 Å². The maximum atomic E-state index is 4.47. The molecule has 4 rings (SSSR count). The summed E-state index contributed by atoms with van der Waals surface area (Å²) < 4.78 is 0. The first-order valence-corrected chi connectivity index (χ1v) is 10.3. The summed E-state index contributed by atoms with van der Waals surface area (Å²) in [7, 11) is 0. The molecular formula is C22H24N2S. The molecule has 25 heavy (non-hydrogen) atoms. The Morgan fingerprint density at radius 1 is 0.960 bits per heavy atom. The van der Waals surface area contributed by atoms with Crippen molar-refractivity contribution in [2.24, 2.45) is 5.92 Å². The molecule has 0 aliphatic heterocycles. The van der Waals surface area contributed by atoms with Crippen LogP contribution in [0.2, 0.25) is 0 Å². The standard InChI is InChI=1S/C22H24N2S/c1-3-7-17(8-4-1)13-22-21-12-11-20(14-19(21)15-23-24-22)25-16-18-9-5-2-6-10-18/h2,5-6,9-12,14-15,17H,1,3-4,7-8,13,16H2. The average molecular weight is 349 g/mol. The van der Waals surface area contributed by atoms with Crippen molar-refractivity contribution in [3.8, 4) is 0 Å². The Morgan fingerprint density at radius 3 is 2.64 bits per heavy atom. The third-order valence-electron chi connectivity index (χ3n) is 5.16. The number of fused-ring (bicyclic) bond motifs is 1. The second-order valence-corrected chi connectivity index (χ2v) is 8.07. The lowest BCUT2D eigenvalue weighted by atomic mass is 9.85. The molecule has 0 amide bonds. The largest absolute Gasteiger partial charge is 0.158 e. The van der Waals surface area contributed by atoms with Crippen molar-refractivity contribution >= 4 is 22.5 Å². The lowest BCUT2D eigenvalue weighted by Gasteiger charge is -2.21. The number of thioether (sulfide) groups is 1. The molecule has 2 nitrogen and oxygen atoms in total. The van der Waals surface area contributed by atoms with Crippen LogP contribution < -0.4 is 0 Å². The van der Waals surface area contributed by atoms with E-state index in [9.17, 15) is 0 Å². The van der Waals surface area contributed by atoms with Gasteiger partial charge in [0.05, 0.1) is 11.9 Å². The summed E-state index contributed by atoms with van der Waals surface area (Å²) in [6.45, 7) is 0. The second-order valence-electron chi connectivity index (χ2n) is 7.02. The number of hydrogen-bond donors (Lipinski definition) is 0. The lowest BCUT2D eigenvalue weighted by Crippen LogP contribution is -2.11. The summed E-state index contributed by atoms with van der Waals surface area (Å²) in [6, 6.07) is 17.4. The highest BCUT2D eigenvalue weighted by molar-refractivity contribution is 7.98. The Kier molecular flexibility index (Phi) is 5.31. The summed E-state index contributed by atoms with van der Waals surface area (Å²) in [4.78, 5) is 1.30. The van der Waals surface area contributed by atoms with Crippen LogP contribution in [0.1, 0.15) is 43.4 Å².